The minimum Gasteiger partial charge on any atom is -0.478 e. The van der Waals surface area contributed by atoms with Crippen molar-refractivity contribution in [1.82, 2.24) is 5.32 Å². The lowest BCUT2D eigenvalue weighted by Gasteiger charge is -2.10. The third-order valence-electron chi connectivity index (χ3n) is 2.42. The second kappa shape index (κ2) is 7.17. The topological polar surface area (TPSA) is 122 Å². The lowest BCUT2D eigenvalue weighted by atomic mass is 10.1. The Labute approximate surface area is 118 Å². The van der Waals surface area contributed by atoms with Gasteiger partial charge in [-0.05, 0) is 12.5 Å². The minimum absolute atomic E-state index is 0.0752. The molecular formula is C12H13F2N3O4. The molecule has 3 amide bonds. The van der Waals surface area contributed by atoms with Crippen LogP contribution in [0.4, 0.5) is 19.3 Å². The number of anilines is 1. The summed E-state index contributed by atoms with van der Waals surface area (Å²) >= 11 is 0. The molecule has 0 spiro atoms. The van der Waals surface area contributed by atoms with Crippen LogP contribution in [0.1, 0.15) is 23.2 Å². The first kappa shape index (κ1) is 16.3. The molecule has 0 aliphatic carbocycles. The van der Waals surface area contributed by atoms with Gasteiger partial charge in [-0.25, -0.2) is 18.4 Å². The highest BCUT2D eigenvalue weighted by molar-refractivity contribution is 6.00. The molecular weight excluding hydrogens is 288 g/mol. The normalized spacial score (nSPS) is 10.0. The molecule has 0 bridgehead atoms. The van der Waals surface area contributed by atoms with Crippen LogP contribution in [0.3, 0.4) is 0 Å². The molecule has 114 valence electrons. The molecule has 1 aromatic carbocycles. The number of halogens is 2. The van der Waals surface area contributed by atoms with Crippen molar-refractivity contribution in [3.05, 3.63) is 29.3 Å². The number of nitrogens with two attached hydrogens (primary N) is 1. The van der Waals surface area contributed by atoms with Crippen LogP contribution in [0.2, 0.25) is 0 Å². The fourth-order valence-electron chi connectivity index (χ4n) is 1.46. The van der Waals surface area contributed by atoms with Crippen molar-refractivity contribution in [2.24, 2.45) is 5.73 Å². The third kappa shape index (κ3) is 5.05. The van der Waals surface area contributed by atoms with Gasteiger partial charge in [0.05, 0.1) is 11.3 Å². The predicted octanol–water partition coefficient (Wildman–Crippen LogP) is 1.05. The standard InChI is InChI=1S/C12H13F2N3O4/c13-7-4-6(11(19)20)9(5-8(7)14)17-12(21)16-3-1-2-10(15)18/h4-5H,1-3H2,(H2,15,18)(H,19,20)(H2,16,17,21). The van der Waals surface area contributed by atoms with Crippen LogP contribution in [0.25, 0.3) is 0 Å². The van der Waals surface area contributed by atoms with E-state index in [-0.39, 0.29) is 18.7 Å². The summed E-state index contributed by atoms with van der Waals surface area (Å²) in [5.41, 5.74) is 3.94. The molecule has 1 aromatic rings. The Kier molecular flexibility index (Phi) is 5.58. The number of carboxylic acid groups (broad SMARTS) is 1. The zero-order chi connectivity index (χ0) is 16.0. The second-order valence-electron chi connectivity index (χ2n) is 4.07. The van der Waals surface area contributed by atoms with E-state index in [9.17, 15) is 23.2 Å². The zero-order valence-electron chi connectivity index (χ0n) is 10.8. The molecule has 0 saturated heterocycles. The van der Waals surface area contributed by atoms with E-state index in [4.69, 9.17) is 10.8 Å². The Bertz CT molecular complexity index is 578. The summed E-state index contributed by atoms with van der Waals surface area (Å²) in [7, 11) is 0. The van der Waals surface area contributed by atoms with Gasteiger partial charge in [0.1, 0.15) is 0 Å². The molecule has 0 aliphatic heterocycles. The van der Waals surface area contributed by atoms with Crippen LogP contribution in [-0.4, -0.2) is 29.6 Å². The Morgan fingerprint density at radius 3 is 2.38 bits per heavy atom. The fraction of sp³-hybridized carbons (Fsp3) is 0.250. The summed E-state index contributed by atoms with van der Waals surface area (Å²) in [6, 6.07) is 0.232. The summed E-state index contributed by atoms with van der Waals surface area (Å²) in [5.74, 6) is -4.66. The number of aromatic carboxylic acids is 1. The van der Waals surface area contributed by atoms with E-state index in [1.807, 2.05) is 0 Å². The molecule has 1 rings (SSSR count). The number of hydrogen-bond donors (Lipinski definition) is 4. The maximum atomic E-state index is 13.1. The Hall–Kier alpha value is -2.71. The van der Waals surface area contributed by atoms with E-state index in [0.717, 1.165) is 0 Å². The van der Waals surface area contributed by atoms with Gasteiger partial charge in [-0.1, -0.05) is 0 Å². The van der Waals surface area contributed by atoms with Gasteiger partial charge in [-0.15, -0.1) is 0 Å². The van der Waals surface area contributed by atoms with Gasteiger partial charge in [0, 0.05) is 19.0 Å². The predicted molar refractivity (Wildman–Crippen MR) is 68.8 cm³/mol. The molecule has 0 unspecified atom stereocenters. The quantitative estimate of drug-likeness (QED) is 0.587. The SMILES string of the molecule is NC(=O)CCCNC(=O)Nc1cc(F)c(F)cc1C(=O)O. The number of primary amides is 1. The summed E-state index contributed by atoms with van der Waals surface area (Å²) in [5, 5.41) is 13.3. The number of hydrogen-bond acceptors (Lipinski definition) is 3. The van der Waals surface area contributed by atoms with Gasteiger partial charge >= 0.3 is 12.0 Å². The Morgan fingerprint density at radius 2 is 1.81 bits per heavy atom. The van der Waals surface area contributed by atoms with Crippen LogP contribution >= 0.6 is 0 Å². The molecule has 0 aliphatic rings. The van der Waals surface area contributed by atoms with E-state index in [1.54, 1.807) is 0 Å². The Balaban J connectivity index is 2.69. The number of rotatable bonds is 6. The first-order chi connectivity index (χ1) is 9.81. The molecule has 0 heterocycles. The van der Waals surface area contributed by atoms with Crippen LogP contribution in [0.15, 0.2) is 12.1 Å². The summed E-state index contributed by atoms with van der Waals surface area (Å²) in [6.07, 6.45) is 0.373. The lowest BCUT2D eigenvalue weighted by molar-refractivity contribution is -0.118. The number of amides is 3. The summed E-state index contributed by atoms with van der Waals surface area (Å²) < 4.78 is 26.0. The second-order valence-corrected chi connectivity index (χ2v) is 4.07. The van der Waals surface area contributed by atoms with Crippen LogP contribution < -0.4 is 16.4 Å². The molecule has 7 nitrogen and oxygen atoms in total. The van der Waals surface area contributed by atoms with E-state index >= 15 is 0 Å². The highest BCUT2D eigenvalue weighted by atomic mass is 19.2. The van der Waals surface area contributed by atoms with E-state index in [1.165, 1.54) is 0 Å². The molecule has 21 heavy (non-hydrogen) atoms. The first-order valence-electron chi connectivity index (χ1n) is 5.86. The molecule has 0 radical (unpaired) electrons. The highest BCUT2D eigenvalue weighted by Gasteiger charge is 2.16. The van der Waals surface area contributed by atoms with Crippen molar-refractivity contribution in [3.8, 4) is 0 Å². The van der Waals surface area contributed by atoms with Crippen molar-refractivity contribution in [2.45, 2.75) is 12.8 Å². The molecule has 9 heteroatoms. The van der Waals surface area contributed by atoms with Crippen molar-refractivity contribution in [1.29, 1.82) is 0 Å². The maximum absolute atomic E-state index is 13.1. The number of carbonyl (C=O) groups excluding carboxylic acids is 2. The number of benzene rings is 1. The van der Waals surface area contributed by atoms with E-state index < -0.39 is 35.1 Å². The minimum atomic E-state index is -1.52. The fourth-order valence-corrected chi connectivity index (χ4v) is 1.46. The molecule has 0 aromatic heterocycles. The third-order valence-corrected chi connectivity index (χ3v) is 2.42. The van der Waals surface area contributed by atoms with Crippen molar-refractivity contribution in [2.75, 3.05) is 11.9 Å². The van der Waals surface area contributed by atoms with E-state index in [2.05, 4.69) is 10.6 Å². The number of carbonyl (C=O) groups is 3. The maximum Gasteiger partial charge on any atom is 0.337 e. The lowest BCUT2D eigenvalue weighted by Crippen LogP contribution is -2.30. The number of nitrogens with one attached hydrogen (secondary N) is 2. The van der Waals surface area contributed by atoms with Crippen molar-refractivity contribution < 1.29 is 28.3 Å². The average Bonchev–Trinajstić information content (AvgIpc) is 2.38. The monoisotopic (exact) mass is 301 g/mol. The van der Waals surface area contributed by atoms with Crippen molar-refractivity contribution >= 4 is 23.6 Å². The average molecular weight is 301 g/mol. The van der Waals surface area contributed by atoms with Gasteiger partial charge in [-0.3, -0.25) is 4.79 Å². The summed E-state index contributed by atoms with van der Waals surface area (Å²) in [4.78, 5) is 32.8. The first-order valence-corrected chi connectivity index (χ1v) is 5.86. The van der Waals surface area contributed by atoms with Gasteiger partial charge < -0.3 is 21.5 Å². The van der Waals surface area contributed by atoms with Crippen LogP contribution in [0.5, 0.6) is 0 Å². The largest absolute Gasteiger partial charge is 0.478 e. The van der Waals surface area contributed by atoms with Gasteiger partial charge in [-0.2, -0.15) is 0 Å². The van der Waals surface area contributed by atoms with Gasteiger partial charge in [0.25, 0.3) is 0 Å². The molecule has 5 N–H and O–H groups in total. The smallest absolute Gasteiger partial charge is 0.337 e. The number of urea groups is 1. The van der Waals surface area contributed by atoms with Gasteiger partial charge in [0.15, 0.2) is 11.6 Å². The van der Waals surface area contributed by atoms with Crippen LogP contribution in [0, 0.1) is 11.6 Å². The Morgan fingerprint density at radius 1 is 1.19 bits per heavy atom. The zero-order valence-corrected chi connectivity index (χ0v) is 10.8. The molecule has 0 atom stereocenters. The van der Waals surface area contributed by atoms with Crippen LogP contribution in [-0.2, 0) is 4.79 Å². The molecule has 0 fully saturated rings. The number of carboxylic acids is 1. The molecule has 0 saturated carbocycles. The summed E-state index contributed by atoms with van der Waals surface area (Å²) in [6.45, 7) is 0.112. The highest BCUT2D eigenvalue weighted by Crippen LogP contribution is 2.20. The van der Waals surface area contributed by atoms with Crippen molar-refractivity contribution in [3.63, 3.8) is 0 Å². The van der Waals surface area contributed by atoms with Gasteiger partial charge in [0.2, 0.25) is 5.91 Å². The van der Waals surface area contributed by atoms with E-state index in [0.29, 0.717) is 18.6 Å².